The summed E-state index contributed by atoms with van der Waals surface area (Å²) in [7, 11) is 7.42. The van der Waals surface area contributed by atoms with Gasteiger partial charge in [-0.25, -0.2) is 9.98 Å². The van der Waals surface area contributed by atoms with E-state index in [9.17, 15) is 4.79 Å². The van der Waals surface area contributed by atoms with Crippen LogP contribution >= 0.6 is 24.0 Å². The van der Waals surface area contributed by atoms with E-state index in [2.05, 4.69) is 32.7 Å². The number of aromatic nitrogens is 1. The number of nitrogens with zero attached hydrogens (tertiary/aromatic N) is 4. The molecule has 0 aliphatic carbocycles. The Balaban J connectivity index is 0.00000364. The predicted molar refractivity (Wildman–Crippen MR) is 123 cm³/mol. The molecule has 0 saturated heterocycles. The van der Waals surface area contributed by atoms with Crippen LogP contribution in [0.2, 0.25) is 0 Å². The lowest BCUT2D eigenvalue weighted by atomic mass is 10.1. The van der Waals surface area contributed by atoms with Crippen LogP contribution in [0.4, 0.5) is 5.82 Å². The largest absolute Gasteiger partial charge is 0.363 e. The summed E-state index contributed by atoms with van der Waals surface area (Å²) in [5.41, 5.74) is 2.04. The Morgan fingerprint density at radius 3 is 2.48 bits per heavy atom. The normalized spacial score (nSPS) is 10.9. The third kappa shape index (κ3) is 6.53. The maximum absolute atomic E-state index is 11.8. The highest BCUT2D eigenvalue weighted by Crippen LogP contribution is 2.22. The molecule has 2 aromatic rings. The number of para-hydroxylation sites is 1. The van der Waals surface area contributed by atoms with Crippen molar-refractivity contribution in [2.24, 2.45) is 4.99 Å². The quantitative estimate of drug-likeness (QED) is 0.373. The van der Waals surface area contributed by atoms with Crippen LogP contribution in [0.5, 0.6) is 0 Å². The van der Waals surface area contributed by atoms with E-state index in [4.69, 9.17) is 0 Å². The van der Waals surface area contributed by atoms with Gasteiger partial charge in [0.2, 0.25) is 5.91 Å². The number of carbonyl (C=O) groups excluding carboxylic acids is 1. The first-order chi connectivity index (χ1) is 12.4. The standard InChI is InChI=1S/C19H28N6O.HI/c1-6-20-19(22-13-18(26)25(4)5)21-12-14-11-17(24(2)3)23-16-10-8-7-9-15(14)16;/h7-11H,6,12-13H2,1-5H3,(H2,20,21,22);1H. The van der Waals surface area contributed by atoms with Gasteiger partial charge in [0.05, 0.1) is 18.6 Å². The number of anilines is 1. The molecule has 0 bridgehead atoms. The van der Waals surface area contributed by atoms with Crippen molar-refractivity contribution in [2.75, 3.05) is 46.2 Å². The van der Waals surface area contributed by atoms with E-state index in [0.29, 0.717) is 12.5 Å². The fraction of sp³-hybridized carbons (Fsp3) is 0.421. The van der Waals surface area contributed by atoms with Gasteiger partial charge in [-0.1, -0.05) is 18.2 Å². The molecule has 0 spiro atoms. The fourth-order valence-electron chi connectivity index (χ4n) is 2.42. The van der Waals surface area contributed by atoms with Crippen molar-refractivity contribution < 1.29 is 4.79 Å². The highest BCUT2D eigenvalue weighted by Gasteiger charge is 2.08. The molecule has 8 heteroatoms. The number of hydrogen-bond acceptors (Lipinski definition) is 4. The predicted octanol–water partition coefficient (Wildman–Crippen LogP) is 2.06. The highest BCUT2D eigenvalue weighted by atomic mass is 127. The summed E-state index contributed by atoms with van der Waals surface area (Å²) < 4.78 is 0. The Bertz CT molecular complexity index is 791. The minimum Gasteiger partial charge on any atom is -0.363 e. The van der Waals surface area contributed by atoms with Crippen LogP contribution in [0.15, 0.2) is 35.3 Å². The zero-order valence-corrected chi connectivity index (χ0v) is 18.9. The van der Waals surface area contributed by atoms with Gasteiger partial charge >= 0.3 is 0 Å². The molecule has 0 saturated carbocycles. The van der Waals surface area contributed by atoms with Crippen LogP contribution in [0.25, 0.3) is 10.9 Å². The number of likely N-dealkylation sites (N-methyl/N-ethyl adjacent to an activating group) is 1. The van der Waals surface area contributed by atoms with Gasteiger partial charge in [-0.2, -0.15) is 0 Å². The number of halogens is 1. The first-order valence-electron chi connectivity index (χ1n) is 8.70. The van der Waals surface area contributed by atoms with Crippen molar-refractivity contribution in [1.29, 1.82) is 0 Å². The minimum atomic E-state index is -0.000131. The summed E-state index contributed by atoms with van der Waals surface area (Å²) in [6.45, 7) is 3.42. The monoisotopic (exact) mass is 484 g/mol. The zero-order valence-electron chi connectivity index (χ0n) is 16.6. The SMILES string of the molecule is CCNC(=NCc1cc(N(C)C)nc2ccccc12)NCC(=O)N(C)C.I. The second kappa shape index (κ2) is 10.9. The Morgan fingerprint density at radius 2 is 1.85 bits per heavy atom. The summed E-state index contributed by atoms with van der Waals surface area (Å²) in [4.78, 5) is 24.6. The maximum Gasteiger partial charge on any atom is 0.241 e. The van der Waals surface area contributed by atoms with Crippen molar-refractivity contribution in [1.82, 2.24) is 20.5 Å². The van der Waals surface area contributed by atoms with Crippen molar-refractivity contribution in [2.45, 2.75) is 13.5 Å². The van der Waals surface area contributed by atoms with Crippen molar-refractivity contribution in [3.05, 3.63) is 35.9 Å². The van der Waals surface area contributed by atoms with Crippen molar-refractivity contribution in [3.8, 4) is 0 Å². The molecule has 1 heterocycles. The third-order valence-electron chi connectivity index (χ3n) is 3.90. The molecule has 1 amide bonds. The van der Waals surface area contributed by atoms with E-state index in [1.54, 1.807) is 19.0 Å². The Hall–Kier alpha value is -2.10. The highest BCUT2D eigenvalue weighted by molar-refractivity contribution is 14.0. The molecule has 27 heavy (non-hydrogen) atoms. The topological polar surface area (TPSA) is 72.9 Å². The lowest BCUT2D eigenvalue weighted by Gasteiger charge is -2.16. The first-order valence-corrected chi connectivity index (χ1v) is 8.70. The van der Waals surface area contributed by atoms with Crippen LogP contribution in [-0.2, 0) is 11.3 Å². The zero-order chi connectivity index (χ0) is 19.1. The van der Waals surface area contributed by atoms with E-state index in [1.165, 1.54) is 0 Å². The van der Waals surface area contributed by atoms with Crippen molar-refractivity contribution in [3.63, 3.8) is 0 Å². The van der Waals surface area contributed by atoms with E-state index in [1.807, 2.05) is 44.1 Å². The molecule has 0 fully saturated rings. The average molecular weight is 484 g/mol. The van der Waals surface area contributed by atoms with Gasteiger partial charge in [0.25, 0.3) is 0 Å². The number of guanidine groups is 1. The molecular formula is C19H29IN6O. The second-order valence-electron chi connectivity index (χ2n) is 6.39. The molecule has 2 N–H and O–H groups in total. The summed E-state index contributed by atoms with van der Waals surface area (Å²) in [6.07, 6.45) is 0. The van der Waals surface area contributed by atoms with Gasteiger partial charge in [0, 0.05) is 40.1 Å². The van der Waals surface area contributed by atoms with Crippen LogP contribution < -0.4 is 15.5 Å². The Morgan fingerprint density at radius 1 is 1.15 bits per heavy atom. The number of benzene rings is 1. The lowest BCUT2D eigenvalue weighted by Crippen LogP contribution is -2.42. The van der Waals surface area contributed by atoms with Gasteiger partial charge in [-0.3, -0.25) is 4.79 Å². The number of hydrogen-bond donors (Lipinski definition) is 2. The van der Waals surface area contributed by atoms with E-state index in [0.717, 1.165) is 28.8 Å². The van der Waals surface area contributed by atoms with Crippen LogP contribution in [0.1, 0.15) is 12.5 Å². The lowest BCUT2D eigenvalue weighted by molar-refractivity contribution is -0.127. The molecule has 0 aliphatic heterocycles. The third-order valence-corrected chi connectivity index (χ3v) is 3.90. The Kier molecular flexibility index (Phi) is 9.27. The molecule has 1 aromatic carbocycles. The molecule has 148 valence electrons. The molecule has 7 nitrogen and oxygen atoms in total. The summed E-state index contributed by atoms with van der Waals surface area (Å²) in [5.74, 6) is 1.52. The van der Waals surface area contributed by atoms with Crippen LogP contribution in [-0.4, -0.2) is 63.0 Å². The van der Waals surface area contributed by atoms with Gasteiger partial charge in [-0.05, 0) is 24.6 Å². The summed E-state index contributed by atoms with van der Waals surface area (Å²) >= 11 is 0. The Labute approximate surface area is 178 Å². The summed E-state index contributed by atoms with van der Waals surface area (Å²) in [6, 6.07) is 10.1. The molecule has 0 unspecified atom stereocenters. The summed E-state index contributed by atoms with van der Waals surface area (Å²) in [5, 5.41) is 7.34. The minimum absolute atomic E-state index is 0. The van der Waals surface area contributed by atoms with Crippen molar-refractivity contribution >= 4 is 52.6 Å². The average Bonchev–Trinajstić information content (AvgIpc) is 2.62. The fourth-order valence-corrected chi connectivity index (χ4v) is 2.42. The van der Waals surface area contributed by atoms with E-state index in [-0.39, 0.29) is 36.4 Å². The second-order valence-corrected chi connectivity index (χ2v) is 6.39. The number of rotatable bonds is 6. The number of pyridine rings is 1. The molecule has 0 aliphatic rings. The number of carbonyl (C=O) groups is 1. The van der Waals surface area contributed by atoms with Gasteiger partial charge < -0.3 is 20.4 Å². The smallest absolute Gasteiger partial charge is 0.241 e. The van der Waals surface area contributed by atoms with Gasteiger partial charge in [-0.15, -0.1) is 24.0 Å². The molecular weight excluding hydrogens is 455 g/mol. The molecule has 1 aromatic heterocycles. The number of fused-ring (bicyclic) bond motifs is 1. The molecule has 0 radical (unpaired) electrons. The van der Waals surface area contributed by atoms with E-state index < -0.39 is 0 Å². The van der Waals surface area contributed by atoms with Crippen LogP contribution in [0.3, 0.4) is 0 Å². The molecule has 2 rings (SSSR count). The number of nitrogens with one attached hydrogen (secondary N) is 2. The number of aliphatic imine (C=N–C) groups is 1. The molecule has 0 atom stereocenters. The van der Waals surface area contributed by atoms with Crippen LogP contribution in [0, 0.1) is 0 Å². The maximum atomic E-state index is 11.8. The number of amides is 1. The first kappa shape index (κ1) is 22.9. The van der Waals surface area contributed by atoms with Gasteiger partial charge in [0.15, 0.2) is 5.96 Å². The van der Waals surface area contributed by atoms with Gasteiger partial charge in [0.1, 0.15) is 5.82 Å². The van der Waals surface area contributed by atoms with E-state index >= 15 is 0 Å².